The number of para-hydroxylation sites is 2. The van der Waals surface area contributed by atoms with Gasteiger partial charge in [-0.15, -0.1) is 0 Å². The molecule has 2 saturated heterocycles. The van der Waals surface area contributed by atoms with Gasteiger partial charge < -0.3 is 24.1 Å². The fourth-order valence-electron chi connectivity index (χ4n) is 6.95. The molecule has 1 aromatic heterocycles. The van der Waals surface area contributed by atoms with Gasteiger partial charge in [0.05, 0.1) is 38.4 Å². The molecule has 3 aromatic carbocycles. The molecule has 0 radical (unpaired) electrons. The van der Waals surface area contributed by atoms with Crippen molar-refractivity contribution >= 4 is 22.7 Å². The summed E-state index contributed by atoms with van der Waals surface area (Å²) in [5.74, 6) is 1.78. The molecule has 1 N–H and O–H groups in total. The third kappa shape index (κ3) is 5.64. The van der Waals surface area contributed by atoms with Gasteiger partial charge in [0.25, 0.3) is 5.91 Å². The second-order valence-electron chi connectivity index (χ2n) is 11.8. The van der Waals surface area contributed by atoms with E-state index in [2.05, 4.69) is 39.1 Å². The van der Waals surface area contributed by atoms with Crippen molar-refractivity contribution in [1.82, 2.24) is 19.8 Å². The number of aromatic nitrogens is 2. The van der Waals surface area contributed by atoms with Gasteiger partial charge in [-0.05, 0) is 68.6 Å². The van der Waals surface area contributed by atoms with Crippen LogP contribution in [-0.4, -0.2) is 85.0 Å². The number of methoxy groups -OCH3 is 3. The summed E-state index contributed by atoms with van der Waals surface area (Å²) >= 11 is 0. The lowest BCUT2D eigenvalue weighted by Crippen LogP contribution is -2.47. The predicted octanol–water partition coefficient (Wildman–Crippen LogP) is 5.50. The first-order chi connectivity index (χ1) is 21.5. The lowest BCUT2D eigenvalue weighted by molar-refractivity contribution is 0.0712. The minimum absolute atomic E-state index is 0.0558. The van der Waals surface area contributed by atoms with Crippen LogP contribution in [0.4, 0.5) is 0 Å². The number of ketones is 1. The standard InChI is InChI=1S/C35H40N4O5/c1-42-29-21-24(22-30(43-2)32(29)44-3)34(41)39-20-17-35(23-39,25-11-5-4-6-12-25)16-19-38-18-10-9-15-28(38)31(40)33-36-26-13-7-8-14-27(26)37-33/h4-8,11-14,21-22,28H,9-10,15-20,23H2,1-3H3,(H,36,37). The summed E-state index contributed by atoms with van der Waals surface area (Å²) in [6.07, 6.45) is 4.57. The summed E-state index contributed by atoms with van der Waals surface area (Å²) in [6.45, 7) is 2.85. The highest BCUT2D eigenvalue weighted by Gasteiger charge is 2.43. The first-order valence-corrected chi connectivity index (χ1v) is 15.3. The van der Waals surface area contributed by atoms with Gasteiger partial charge in [0.1, 0.15) is 0 Å². The number of imidazole rings is 1. The number of fused-ring (bicyclic) bond motifs is 1. The molecule has 2 fully saturated rings. The summed E-state index contributed by atoms with van der Waals surface area (Å²) in [7, 11) is 4.65. The molecule has 9 nitrogen and oxygen atoms in total. The van der Waals surface area contributed by atoms with Gasteiger partial charge in [0, 0.05) is 24.1 Å². The van der Waals surface area contributed by atoms with Crippen LogP contribution in [0.1, 0.15) is 58.6 Å². The van der Waals surface area contributed by atoms with E-state index >= 15 is 0 Å². The van der Waals surface area contributed by atoms with E-state index < -0.39 is 0 Å². The minimum atomic E-state index is -0.234. The van der Waals surface area contributed by atoms with E-state index in [9.17, 15) is 9.59 Å². The van der Waals surface area contributed by atoms with E-state index in [0.717, 1.165) is 56.2 Å². The molecule has 9 heteroatoms. The maximum Gasteiger partial charge on any atom is 0.254 e. The minimum Gasteiger partial charge on any atom is -0.493 e. The number of likely N-dealkylation sites (tertiary alicyclic amines) is 2. The van der Waals surface area contributed by atoms with Crippen LogP contribution in [-0.2, 0) is 5.41 Å². The molecule has 0 spiro atoms. The quantitative estimate of drug-likeness (QED) is 0.242. The highest BCUT2D eigenvalue weighted by molar-refractivity contribution is 5.99. The number of ether oxygens (including phenoxy) is 3. The number of hydrogen-bond acceptors (Lipinski definition) is 7. The van der Waals surface area contributed by atoms with Crippen LogP contribution >= 0.6 is 0 Å². The molecular formula is C35H40N4O5. The van der Waals surface area contributed by atoms with Crippen molar-refractivity contribution in [2.45, 2.75) is 43.6 Å². The first kappa shape index (κ1) is 29.7. The summed E-state index contributed by atoms with van der Waals surface area (Å²) in [4.78, 5) is 39.8. The number of carbonyl (C=O) groups is 2. The monoisotopic (exact) mass is 596 g/mol. The van der Waals surface area contributed by atoms with Crippen molar-refractivity contribution in [1.29, 1.82) is 0 Å². The van der Waals surface area contributed by atoms with Crippen LogP contribution in [0.2, 0.25) is 0 Å². The molecular weight excluding hydrogens is 556 g/mol. The lowest BCUT2D eigenvalue weighted by atomic mass is 9.76. The molecule has 6 rings (SSSR count). The molecule has 44 heavy (non-hydrogen) atoms. The number of amides is 1. The number of Topliss-reactive ketones (excluding diaryl/α,β-unsaturated/α-hetero) is 1. The summed E-state index contributed by atoms with van der Waals surface area (Å²) < 4.78 is 16.5. The van der Waals surface area contributed by atoms with Crippen molar-refractivity contribution in [3.05, 3.63) is 83.7 Å². The Hall–Kier alpha value is -4.37. The SMILES string of the molecule is COc1cc(C(=O)N2CCC(CCN3CCCCC3C(=O)c3nc4ccccc4[nH]3)(c3ccccc3)C2)cc(OC)c1OC. The van der Waals surface area contributed by atoms with Gasteiger partial charge in [-0.3, -0.25) is 14.5 Å². The van der Waals surface area contributed by atoms with Gasteiger partial charge in [0.2, 0.25) is 11.5 Å². The molecule has 0 aliphatic carbocycles. The highest BCUT2D eigenvalue weighted by Crippen LogP contribution is 2.42. The largest absolute Gasteiger partial charge is 0.493 e. The van der Waals surface area contributed by atoms with E-state index in [1.165, 1.54) is 5.56 Å². The zero-order chi connectivity index (χ0) is 30.7. The maximum absolute atomic E-state index is 13.9. The molecule has 2 aliphatic heterocycles. The Bertz CT molecular complexity index is 1580. The molecule has 2 aliphatic rings. The molecule has 0 saturated carbocycles. The third-order valence-electron chi connectivity index (χ3n) is 9.36. The number of carbonyl (C=O) groups excluding carboxylic acids is 2. The van der Waals surface area contributed by atoms with Crippen LogP contribution in [0.15, 0.2) is 66.7 Å². The average molecular weight is 597 g/mol. The first-order valence-electron chi connectivity index (χ1n) is 15.3. The number of rotatable bonds is 10. The highest BCUT2D eigenvalue weighted by atomic mass is 16.5. The van der Waals surface area contributed by atoms with Crippen LogP contribution in [0.3, 0.4) is 0 Å². The predicted molar refractivity (Wildman–Crippen MR) is 169 cm³/mol. The van der Waals surface area contributed by atoms with E-state index in [1.54, 1.807) is 33.5 Å². The number of piperidine rings is 1. The van der Waals surface area contributed by atoms with Crippen LogP contribution in [0, 0.1) is 0 Å². The van der Waals surface area contributed by atoms with E-state index in [-0.39, 0.29) is 23.1 Å². The fourth-order valence-corrected chi connectivity index (χ4v) is 6.95. The normalized spacial score (nSPS) is 20.5. The zero-order valence-corrected chi connectivity index (χ0v) is 25.7. The van der Waals surface area contributed by atoms with Crippen molar-refractivity contribution in [2.24, 2.45) is 0 Å². The van der Waals surface area contributed by atoms with Gasteiger partial charge >= 0.3 is 0 Å². The van der Waals surface area contributed by atoms with Crippen LogP contribution in [0.25, 0.3) is 11.0 Å². The van der Waals surface area contributed by atoms with Gasteiger partial charge in [-0.1, -0.05) is 48.9 Å². The Morgan fingerprint density at radius 3 is 2.36 bits per heavy atom. The second-order valence-corrected chi connectivity index (χ2v) is 11.8. The lowest BCUT2D eigenvalue weighted by Gasteiger charge is -2.38. The Morgan fingerprint density at radius 1 is 0.932 bits per heavy atom. The Morgan fingerprint density at radius 2 is 1.66 bits per heavy atom. The van der Waals surface area contributed by atoms with Crippen molar-refractivity contribution in [2.75, 3.05) is 47.5 Å². The summed E-state index contributed by atoms with van der Waals surface area (Å²) in [5, 5.41) is 0. The number of H-pyrrole nitrogens is 1. The Labute approximate surface area is 258 Å². The fraction of sp³-hybridized carbons (Fsp3) is 0.400. The van der Waals surface area contributed by atoms with Crippen molar-refractivity contribution in [3.63, 3.8) is 0 Å². The van der Waals surface area contributed by atoms with Crippen LogP contribution in [0.5, 0.6) is 17.2 Å². The van der Waals surface area contributed by atoms with Gasteiger partial charge in [0.15, 0.2) is 17.3 Å². The maximum atomic E-state index is 13.9. The topological polar surface area (TPSA) is 97.0 Å². The molecule has 4 aromatic rings. The second kappa shape index (κ2) is 12.7. The van der Waals surface area contributed by atoms with Gasteiger partial charge in [-0.2, -0.15) is 0 Å². The number of benzene rings is 3. The number of nitrogens with zero attached hydrogens (tertiary/aromatic N) is 3. The number of aromatic amines is 1. The molecule has 3 heterocycles. The van der Waals surface area contributed by atoms with E-state index in [0.29, 0.717) is 41.7 Å². The Kier molecular flexibility index (Phi) is 8.57. The van der Waals surface area contributed by atoms with E-state index in [1.807, 2.05) is 35.2 Å². The molecule has 0 bridgehead atoms. The van der Waals surface area contributed by atoms with Gasteiger partial charge in [-0.25, -0.2) is 4.98 Å². The molecule has 2 unspecified atom stereocenters. The van der Waals surface area contributed by atoms with Crippen molar-refractivity contribution in [3.8, 4) is 17.2 Å². The molecule has 230 valence electrons. The summed E-state index contributed by atoms with van der Waals surface area (Å²) in [6, 6.07) is 21.5. The smallest absolute Gasteiger partial charge is 0.254 e. The third-order valence-corrected chi connectivity index (χ3v) is 9.36. The number of nitrogens with one attached hydrogen (secondary N) is 1. The average Bonchev–Trinajstić information content (AvgIpc) is 3.72. The molecule has 1 amide bonds. The zero-order valence-electron chi connectivity index (χ0n) is 25.7. The summed E-state index contributed by atoms with van der Waals surface area (Å²) in [5.41, 5.74) is 3.17. The Balaban J connectivity index is 1.23. The van der Waals surface area contributed by atoms with Crippen molar-refractivity contribution < 1.29 is 23.8 Å². The van der Waals surface area contributed by atoms with Crippen LogP contribution < -0.4 is 14.2 Å². The number of hydrogen-bond donors (Lipinski definition) is 1. The van der Waals surface area contributed by atoms with E-state index in [4.69, 9.17) is 14.2 Å². The molecule has 2 atom stereocenters.